The van der Waals surface area contributed by atoms with Gasteiger partial charge in [0.05, 0.1) is 5.56 Å². The molecule has 1 aliphatic carbocycles. The molecule has 0 amide bonds. The summed E-state index contributed by atoms with van der Waals surface area (Å²) in [5, 5.41) is 19.7. The number of aromatic carboxylic acids is 1. The van der Waals surface area contributed by atoms with Crippen molar-refractivity contribution in [3.8, 4) is 0 Å². The number of thiophene rings is 1. The number of rotatable bonds is 5. The van der Waals surface area contributed by atoms with Crippen LogP contribution in [0.25, 0.3) is 0 Å². The highest BCUT2D eigenvalue weighted by Crippen LogP contribution is 2.41. The smallest absolute Gasteiger partial charge is 0.335 e. The fourth-order valence-electron chi connectivity index (χ4n) is 3.80. The minimum atomic E-state index is -0.936. The molecule has 5 rings (SSSR count). The summed E-state index contributed by atoms with van der Waals surface area (Å²) in [5.41, 5.74) is 3.03. The first-order valence-electron chi connectivity index (χ1n) is 9.58. The van der Waals surface area contributed by atoms with Gasteiger partial charge in [-0.15, -0.1) is 16.4 Å². The largest absolute Gasteiger partial charge is 0.478 e. The zero-order chi connectivity index (χ0) is 20.7. The first-order chi connectivity index (χ1) is 14.6. The van der Waals surface area contributed by atoms with Gasteiger partial charge in [0.1, 0.15) is 6.04 Å². The van der Waals surface area contributed by atoms with E-state index in [1.807, 2.05) is 22.2 Å². The highest BCUT2D eigenvalue weighted by atomic mass is 32.2. The molecule has 0 saturated carbocycles. The Hall–Kier alpha value is -2.91. The molecular formula is C21H18N4O3S2. The van der Waals surface area contributed by atoms with E-state index in [-0.39, 0.29) is 17.4 Å². The fourth-order valence-corrected chi connectivity index (χ4v) is 5.40. The molecular weight excluding hydrogens is 420 g/mol. The van der Waals surface area contributed by atoms with E-state index in [0.717, 1.165) is 34.6 Å². The molecule has 1 aliphatic heterocycles. The second-order valence-corrected chi connectivity index (χ2v) is 9.09. The molecule has 3 heterocycles. The Morgan fingerprint density at radius 3 is 2.83 bits per heavy atom. The molecule has 1 aromatic carbocycles. The number of hydrogen-bond acceptors (Lipinski definition) is 7. The molecule has 1 atom stereocenters. The van der Waals surface area contributed by atoms with Gasteiger partial charge in [-0.1, -0.05) is 30.0 Å². The van der Waals surface area contributed by atoms with E-state index in [9.17, 15) is 9.59 Å². The predicted octanol–water partition coefficient (Wildman–Crippen LogP) is 4.35. The maximum Gasteiger partial charge on any atom is 0.335 e. The summed E-state index contributed by atoms with van der Waals surface area (Å²) in [6, 6.07) is 10.6. The molecule has 3 aromatic rings. The summed E-state index contributed by atoms with van der Waals surface area (Å²) in [6.45, 7) is 0. The lowest BCUT2D eigenvalue weighted by atomic mass is 9.88. The number of carbonyl (C=O) groups excluding carboxylic acids is 1. The number of hydrogen-bond donors (Lipinski definition) is 2. The number of anilines is 1. The molecule has 0 fully saturated rings. The molecule has 0 radical (unpaired) electrons. The predicted molar refractivity (Wildman–Crippen MR) is 115 cm³/mol. The van der Waals surface area contributed by atoms with Crippen LogP contribution in [0.5, 0.6) is 0 Å². The second-order valence-electron chi connectivity index (χ2n) is 7.17. The minimum Gasteiger partial charge on any atom is -0.478 e. The van der Waals surface area contributed by atoms with Gasteiger partial charge in [-0.3, -0.25) is 4.79 Å². The SMILES string of the molecule is O=C1CCCC2=C1[C@H](c1cccs1)n1nc(SCc3ccc(C(=O)O)cc3)nc1N2. The molecule has 152 valence electrons. The lowest BCUT2D eigenvalue weighted by Gasteiger charge is -2.31. The van der Waals surface area contributed by atoms with Crippen LogP contribution in [-0.2, 0) is 10.5 Å². The lowest BCUT2D eigenvalue weighted by molar-refractivity contribution is -0.116. The summed E-state index contributed by atoms with van der Waals surface area (Å²) in [4.78, 5) is 29.5. The molecule has 9 heteroatoms. The number of ketones is 1. The van der Waals surface area contributed by atoms with Crippen LogP contribution >= 0.6 is 23.1 Å². The second kappa shape index (κ2) is 7.73. The van der Waals surface area contributed by atoms with E-state index < -0.39 is 5.97 Å². The summed E-state index contributed by atoms with van der Waals surface area (Å²) in [5.74, 6) is 0.523. The van der Waals surface area contributed by atoms with Crippen molar-refractivity contribution >= 4 is 40.8 Å². The number of nitrogens with one attached hydrogen (secondary N) is 1. The Bertz CT molecular complexity index is 1150. The van der Waals surface area contributed by atoms with E-state index in [2.05, 4.69) is 10.3 Å². The van der Waals surface area contributed by atoms with Crippen molar-refractivity contribution in [1.82, 2.24) is 14.8 Å². The molecule has 0 saturated heterocycles. The van der Waals surface area contributed by atoms with Crippen molar-refractivity contribution in [2.45, 2.75) is 36.2 Å². The summed E-state index contributed by atoms with van der Waals surface area (Å²) >= 11 is 3.10. The normalized spacial score (nSPS) is 18.0. The molecule has 2 aliphatic rings. The van der Waals surface area contributed by atoms with Crippen LogP contribution in [0.4, 0.5) is 5.95 Å². The standard InChI is InChI=1S/C21H18N4O3S2/c26-15-4-1-3-14-17(15)18(16-5-2-10-29-16)25-20(22-14)23-21(24-25)30-11-12-6-8-13(9-7-12)19(27)28/h2,5-10,18H,1,3-4,11H2,(H,27,28)(H,22,23,24)/t18-/m0/s1. The Kier molecular flexibility index (Phi) is 4.92. The maximum atomic E-state index is 12.7. The highest BCUT2D eigenvalue weighted by Gasteiger charge is 2.37. The molecule has 7 nitrogen and oxygen atoms in total. The monoisotopic (exact) mass is 438 g/mol. The number of Topliss-reactive ketones (excluding diaryl/α,β-unsaturated/α-hetero) is 1. The van der Waals surface area contributed by atoms with Crippen molar-refractivity contribution in [2.24, 2.45) is 0 Å². The number of carbonyl (C=O) groups is 2. The molecule has 0 unspecified atom stereocenters. The van der Waals surface area contributed by atoms with Gasteiger partial charge in [0, 0.05) is 28.3 Å². The number of aromatic nitrogens is 3. The Labute approximate surface area is 180 Å². The highest BCUT2D eigenvalue weighted by molar-refractivity contribution is 7.98. The molecule has 2 aromatic heterocycles. The van der Waals surface area contributed by atoms with Crippen molar-refractivity contribution in [3.05, 3.63) is 69.1 Å². The number of allylic oxidation sites excluding steroid dienone is 2. The average Bonchev–Trinajstić information content (AvgIpc) is 3.41. The Balaban J connectivity index is 1.42. The van der Waals surface area contributed by atoms with Crippen LogP contribution in [0.15, 0.2) is 58.2 Å². The number of fused-ring (bicyclic) bond motifs is 1. The molecule has 0 spiro atoms. The van der Waals surface area contributed by atoms with Gasteiger partial charge in [-0.25, -0.2) is 9.48 Å². The van der Waals surface area contributed by atoms with Gasteiger partial charge >= 0.3 is 5.97 Å². The van der Waals surface area contributed by atoms with Crippen molar-refractivity contribution in [1.29, 1.82) is 0 Å². The van der Waals surface area contributed by atoms with E-state index in [0.29, 0.717) is 23.3 Å². The molecule has 2 N–H and O–H groups in total. The van der Waals surface area contributed by atoms with Crippen LogP contribution in [0.2, 0.25) is 0 Å². The van der Waals surface area contributed by atoms with Crippen LogP contribution in [0.1, 0.15) is 46.1 Å². The van der Waals surface area contributed by atoms with E-state index in [4.69, 9.17) is 10.2 Å². The van der Waals surface area contributed by atoms with Gasteiger partial charge in [-0.2, -0.15) is 4.98 Å². The van der Waals surface area contributed by atoms with Gasteiger partial charge in [0.15, 0.2) is 5.78 Å². The topological polar surface area (TPSA) is 97.1 Å². The zero-order valence-electron chi connectivity index (χ0n) is 15.9. The third kappa shape index (κ3) is 3.44. The third-order valence-electron chi connectivity index (χ3n) is 5.23. The Morgan fingerprint density at radius 2 is 2.10 bits per heavy atom. The van der Waals surface area contributed by atoms with Crippen molar-refractivity contribution in [3.63, 3.8) is 0 Å². The number of carboxylic acid groups (broad SMARTS) is 1. The van der Waals surface area contributed by atoms with E-state index in [1.165, 1.54) is 11.8 Å². The number of benzene rings is 1. The number of carboxylic acids is 1. The summed E-state index contributed by atoms with van der Waals surface area (Å²) in [7, 11) is 0. The number of nitrogens with zero attached hydrogens (tertiary/aromatic N) is 3. The van der Waals surface area contributed by atoms with Gasteiger partial charge in [0.25, 0.3) is 0 Å². The molecule has 30 heavy (non-hydrogen) atoms. The lowest BCUT2D eigenvalue weighted by Crippen LogP contribution is -2.31. The van der Waals surface area contributed by atoms with Crippen molar-refractivity contribution < 1.29 is 14.7 Å². The van der Waals surface area contributed by atoms with Crippen LogP contribution in [-0.4, -0.2) is 31.6 Å². The maximum absolute atomic E-state index is 12.7. The van der Waals surface area contributed by atoms with Gasteiger partial charge in [0.2, 0.25) is 11.1 Å². The fraction of sp³-hybridized carbons (Fsp3) is 0.238. The van der Waals surface area contributed by atoms with Crippen molar-refractivity contribution in [2.75, 3.05) is 5.32 Å². The van der Waals surface area contributed by atoms with Gasteiger partial charge in [-0.05, 0) is 42.0 Å². The molecule has 0 bridgehead atoms. The number of thioether (sulfide) groups is 1. The van der Waals surface area contributed by atoms with Crippen LogP contribution in [0, 0.1) is 0 Å². The quantitative estimate of drug-likeness (QED) is 0.572. The van der Waals surface area contributed by atoms with Gasteiger partial charge < -0.3 is 10.4 Å². The van der Waals surface area contributed by atoms with Crippen LogP contribution in [0.3, 0.4) is 0 Å². The van der Waals surface area contributed by atoms with E-state index in [1.54, 1.807) is 35.6 Å². The minimum absolute atomic E-state index is 0.177. The average molecular weight is 439 g/mol. The summed E-state index contributed by atoms with van der Waals surface area (Å²) < 4.78 is 1.82. The Morgan fingerprint density at radius 1 is 1.27 bits per heavy atom. The first kappa shape index (κ1) is 19.1. The summed E-state index contributed by atoms with van der Waals surface area (Å²) in [6.07, 6.45) is 2.26. The van der Waals surface area contributed by atoms with Crippen LogP contribution < -0.4 is 5.32 Å². The zero-order valence-corrected chi connectivity index (χ0v) is 17.5. The first-order valence-corrected chi connectivity index (χ1v) is 11.4. The van der Waals surface area contributed by atoms with E-state index >= 15 is 0 Å². The third-order valence-corrected chi connectivity index (χ3v) is 7.06.